The maximum absolute atomic E-state index is 10.9. The summed E-state index contributed by atoms with van der Waals surface area (Å²) >= 11 is 0. The third-order valence-corrected chi connectivity index (χ3v) is 3.49. The number of carbonyl (C=O) groups excluding carboxylic acids is 1. The topological polar surface area (TPSA) is 66.6 Å². The van der Waals surface area contributed by atoms with Crippen LogP contribution in [0.25, 0.3) is 0 Å². The van der Waals surface area contributed by atoms with Gasteiger partial charge in [-0.3, -0.25) is 5.21 Å². The Morgan fingerprint density at radius 3 is 2.88 bits per heavy atom. The first-order chi connectivity index (χ1) is 8.08. The summed E-state index contributed by atoms with van der Waals surface area (Å²) < 4.78 is 0. The van der Waals surface area contributed by atoms with Crippen LogP contribution in [0.3, 0.4) is 0 Å². The van der Waals surface area contributed by atoms with E-state index in [9.17, 15) is 10.0 Å². The Morgan fingerprint density at radius 1 is 1.47 bits per heavy atom. The zero-order valence-corrected chi connectivity index (χ0v) is 9.97. The molecule has 0 aromatic heterocycles. The normalized spacial score (nSPS) is 23.6. The van der Waals surface area contributed by atoms with Gasteiger partial charge in [0.05, 0.1) is 6.04 Å². The summed E-state index contributed by atoms with van der Waals surface area (Å²) in [5, 5.41) is 10.2. The number of benzene rings is 1. The van der Waals surface area contributed by atoms with Crippen molar-refractivity contribution >= 4 is 6.03 Å². The molecule has 4 nitrogen and oxygen atoms in total. The molecule has 1 fully saturated rings. The molecule has 0 heterocycles. The molecule has 92 valence electrons. The monoisotopic (exact) mass is 234 g/mol. The lowest BCUT2D eigenvalue weighted by atomic mass is 9.96. The van der Waals surface area contributed by atoms with Crippen molar-refractivity contribution in [3.63, 3.8) is 0 Å². The van der Waals surface area contributed by atoms with Gasteiger partial charge in [0.2, 0.25) is 0 Å². The molecule has 0 aliphatic heterocycles. The van der Waals surface area contributed by atoms with Crippen molar-refractivity contribution in [3.05, 3.63) is 35.4 Å². The molecule has 2 amide bonds. The van der Waals surface area contributed by atoms with Crippen LogP contribution in [0.4, 0.5) is 4.79 Å². The molecule has 17 heavy (non-hydrogen) atoms. The van der Waals surface area contributed by atoms with Crippen molar-refractivity contribution in [2.75, 3.05) is 0 Å². The molecular formula is C13H18N2O2. The van der Waals surface area contributed by atoms with Gasteiger partial charge in [0.1, 0.15) is 0 Å². The second kappa shape index (κ2) is 4.75. The van der Waals surface area contributed by atoms with Gasteiger partial charge in [-0.05, 0) is 37.7 Å². The van der Waals surface area contributed by atoms with E-state index in [1.54, 1.807) is 0 Å². The van der Waals surface area contributed by atoms with Crippen molar-refractivity contribution in [2.24, 2.45) is 5.73 Å². The van der Waals surface area contributed by atoms with Crippen molar-refractivity contribution in [2.45, 2.75) is 38.1 Å². The van der Waals surface area contributed by atoms with E-state index >= 15 is 0 Å². The lowest BCUT2D eigenvalue weighted by Crippen LogP contribution is -2.39. The van der Waals surface area contributed by atoms with Crippen LogP contribution in [0.2, 0.25) is 0 Å². The molecule has 0 saturated heterocycles. The number of hydrogen-bond acceptors (Lipinski definition) is 2. The lowest BCUT2D eigenvalue weighted by Gasteiger charge is -2.20. The Hall–Kier alpha value is -1.55. The maximum atomic E-state index is 10.9. The molecule has 1 aliphatic carbocycles. The van der Waals surface area contributed by atoms with Crippen molar-refractivity contribution in [1.82, 2.24) is 5.06 Å². The number of nitrogens with zero attached hydrogens (tertiary/aromatic N) is 1. The van der Waals surface area contributed by atoms with Crippen LogP contribution >= 0.6 is 0 Å². The summed E-state index contributed by atoms with van der Waals surface area (Å²) in [5.74, 6) is 0.411. The van der Waals surface area contributed by atoms with E-state index in [0.29, 0.717) is 11.0 Å². The van der Waals surface area contributed by atoms with Gasteiger partial charge in [-0.1, -0.05) is 29.8 Å². The van der Waals surface area contributed by atoms with E-state index in [-0.39, 0.29) is 6.04 Å². The first kappa shape index (κ1) is 11.9. The predicted octanol–water partition coefficient (Wildman–Crippen LogP) is 2.40. The Bertz CT molecular complexity index is 420. The minimum Gasteiger partial charge on any atom is -0.350 e. The predicted molar refractivity (Wildman–Crippen MR) is 64.8 cm³/mol. The van der Waals surface area contributed by atoms with Crippen molar-refractivity contribution in [1.29, 1.82) is 0 Å². The molecule has 2 rings (SSSR count). The van der Waals surface area contributed by atoms with Crippen LogP contribution in [0.15, 0.2) is 24.3 Å². The number of nitrogens with two attached hydrogens (primary N) is 1. The van der Waals surface area contributed by atoms with Crippen LogP contribution in [-0.2, 0) is 0 Å². The smallest absolute Gasteiger partial charge is 0.338 e. The van der Waals surface area contributed by atoms with Gasteiger partial charge in [0.25, 0.3) is 0 Å². The van der Waals surface area contributed by atoms with Crippen LogP contribution in [0.5, 0.6) is 0 Å². The number of hydroxylamine groups is 2. The third kappa shape index (κ3) is 2.58. The molecule has 0 bridgehead atoms. The summed E-state index contributed by atoms with van der Waals surface area (Å²) in [5.41, 5.74) is 7.58. The Morgan fingerprint density at radius 2 is 2.24 bits per heavy atom. The number of urea groups is 1. The van der Waals surface area contributed by atoms with Crippen LogP contribution in [-0.4, -0.2) is 22.3 Å². The first-order valence-electron chi connectivity index (χ1n) is 5.92. The summed E-state index contributed by atoms with van der Waals surface area (Å²) in [7, 11) is 0. The molecule has 0 radical (unpaired) electrons. The molecule has 1 saturated carbocycles. The van der Waals surface area contributed by atoms with Gasteiger partial charge in [0.15, 0.2) is 0 Å². The second-order valence-corrected chi connectivity index (χ2v) is 4.76. The fourth-order valence-electron chi connectivity index (χ4n) is 2.59. The molecular weight excluding hydrogens is 216 g/mol. The minimum atomic E-state index is -0.764. The number of carbonyl (C=O) groups is 1. The van der Waals surface area contributed by atoms with E-state index in [2.05, 4.69) is 25.1 Å². The van der Waals surface area contributed by atoms with Crippen LogP contribution in [0, 0.1) is 6.92 Å². The highest BCUT2D eigenvalue weighted by atomic mass is 16.5. The first-order valence-corrected chi connectivity index (χ1v) is 5.92. The van der Waals surface area contributed by atoms with Crippen LogP contribution in [0.1, 0.15) is 36.3 Å². The van der Waals surface area contributed by atoms with E-state index in [0.717, 1.165) is 19.3 Å². The molecule has 2 atom stereocenters. The summed E-state index contributed by atoms with van der Waals surface area (Å²) in [6.07, 6.45) is 2.57. The number of primary amides is 1. The van der Waals surface area contributed by atoms with E-state index in [1.807, 2.05) is 6.07 Å². The van der Waals surface area contributed by atoms with Crippen molar-refractivity contribution < 1.29 is 10.0 Å². The van der Waals surface area contributed by atoms with Gasteiger partial charge >= 0.3 is 6.03 Å². The maximum Gasteiger partial charge on any atom is 0.338 e. The van der Waals surface area contributed by atoms with Gasteiger partial charge in [-0.15, -0.1) is 0 Å². The largest absolute Gasteiger partial charge is 0.350 e. The SMILES string of the molecule is Cc1cccc([C@H]2CC[C@H](N(O)C(N)=O)C2)c1. The number of aryl methyl sites for hydroxylation is 1. The highest BCUT2D eigenvalue weighted by Crippen LogP contribution is 2.36. The highest BCUT2D eigenvalue weighted by Gasteiger charge is 2.31. The zero-order chi connectivity index (χ0) is 12.4. The van der Waals surface area contributed by atoms with E-state index in [1.165, 1.54) is 11.1 Å². The van der Waals surface area contributed by atoms with Gasteiger partial charge < -0.3 is 5.73 Å². The molecule has 1 aliphatic rings. The average molecular weight is 234 g/mol. The summed E-state index contributed by atoms with van der Waals surface area (Å²) in [6, 6.07) is 7.48. The number of amides is 2. The van der Waals surface area contributed by atoms with Gasteiger partial charge in [-0.2, -0.15) is 0 Å². The Labute approximate surface area is 101 Å². The molecule has 1 aromatic rings. The lowest BCUT2D eigenvalue weighted by molar-refractivity contribution is -0.0730. The highest BCUT2D eigenvalue weighted by molar-refractivity contribution is 5.70. The molecule has 1 aromatic carbocycles. The molecule has 4 heteroatoms. The Kier molecular flexibility index (Phi) is 3.33. The minimum absolute atomic E-state index is 0.141. The fourth-order valence-corrected chi connectivity index (χ4v) is 2.59. The fraction of sp³-hybridized carbons (Fsp3) is 0.462. The summed E-state index contributed by atoms with van der Waals surface area (Å²) in [4.78, 5) is 10.9. The van der Waals surface area contributed by atoms with E-state index < -0.39 is 6.03 Å². The van der Waals surface area contributed by atoms with Crippen molar-refractivity contribution in [3.8, 4) is 0 Å². The standard InChI is InChI=1S/C13H18N2O2/c1-9-3-2-4-10(7-9)11-5-6-12(8-11)15(17)13(14)16/h2-4,7,11-12,17H,5-6,8H2,1H3,(H2,14,16)/t11-,12-/m0/s1. The number of rotatable bonds is 2. The molecule has 3 N–H and O–H groups in total. The molecule has 0 unspecified atom stereocenters. The van der Waals surface area contributed by atoms with Crippen LogP contribution < -0.4 is 5.73 Å². The van der Waals surface area contributed by atoms with E-state index in [4.69, 9.17) is 5.73 Å². The van der Waals surface area contributed by atoms with Gasteiger partial charge in [-0.25, -0.2) is 9.86 Å². The Balaban J connectivity index is 2.05. The number of hydrogen-bond donors (Lipinski definition) is 2. The zero-order valence-electron chi connectivity index (χ0n) is 9.97. The average Bonchev–Trinajstić information content (AvgIpc) is 2.77. The van der Waals surface area contributed by atoms with Gasteiger partial charge in [0, 0.05) is 0 Å². The molecule has 0 spiro atoms. The quantitative estimate of drug-likeness (QED) is 0.609. The summed E-state index contributed by atoms with van der Waals surface area (Å²) in [6.45, 7) is 2.07. The second-order valence-electron chi connectivity index (χ2n) is 4.76. The third-order valence-electron chi connectivity index (χ3n) is 3.49.